The molecule has 2 fully saturated rings. The van der Waals surface area contributed by atoms with E-state index in [1.165, 1.54) is 50.5 Å². The predicted molar refractivity (Wildman–Crippen MR) is 79.7 cm³/mol. The van der Waals surface area contributed by atoms with Crippen molar-refractivity contribution in [2.24, 2.45) is 11.3 Å². The molecular formula is C17H26N2. The van der Waals surface area contributed by atoms with E-state index < -0.39 is 0 Å². The second-order valence-corrected chi connectivity index (χ2v) is 6.72. The summed E-state index contributed by atoms with van der Waals surface area (Å²) in [6.45, 7) is 2.40. The Morgan fingerprint density at radius 2 is 1.84 bits per heavy atom. The van der Waals surface area contributed by atoms with Crippen LogP contribution in [0.4, 0.5) is 0 Å². The molecule has 0 amide bonds. The predicted octanol–water partition coefficient (Wildman–Crippen LogP) is 4.04. The summed E-state index contributed by atoms with van der Waals surface area (Å²) in [5.41, 5.74) is 6.48. The number of benzene rings is 1. The van der Waals surface area contributed by atoms with Gasteiger partial charge in [-0.2, -0.15) is 0 Å². The van der Waals surface area contributed by atoms with Gasteiger partial charge in [-0.05, 0) is 48.1 Å². The minimum atomic E-state index is 0.312. The smallest absolute Gasteiger partial charge is 0.0516 e. The fourth-order valence-corrected chi connectivity index (χ4v) is 4.00. The fourth-order valence-electron chi connectivity index (χ4n) is 4.00. The highest BCUT2D eigenvalue weighted by atomic mass is 15.2. The van der Waals surface area contributed by atoms with Crippen LogP contribution in [0.2, 0.25) is 0 Å². The molecule has 0 heterocycles. The number of nitrogens with two attached hydrogens (primary N) is 1. The van der Waals surface area contributed by atoms with Gasteiger partial charge in [-0.25, -0.2) is 0 Å². The fraction of sp³-hybridized carbons (Fsp3) is 0.647. The van der Waals surface area contributed by atoms with Gasteiger partial charge in [0.2, 0.25) is 0 Å². The maximum absolute atomic E-state index is 5.95. The van der Waals surface area contributed by atoms with Crippen LogP contribution in [0, 0.1) is 5.41 Å². The Kier molecular flexibility index (Phi) is 3.64. The van der Waals surface area contributed by atoms with Crippen LogP contribution in [-0.2, 0) is 0 Å². The van der Waals surface area contributed by atoms with Gasteiger partial charge in [0.25, 0.3) is 0 Å². The molecule has 0 bridgehead atoms. The average molecular weight is 258 g/mol. The van der Waals surface area contributed by atoms with Crippen molar-refractivity contribution in [2.75, 3.05) is 0 Å². The Bertz CT molecular complexity index is 431. The molecule has 19 heavy (non-hydrogen) atoms. The van der Waals surface area contributed by atoms with Gasteiger partial charge in [0.05, 0.1) is 6.04 Å². The first-order valence-electron chi connectivity index (χ1n) is 7.79. The molecule has 3 rings (SSSR count). The molecule has 1 unspecified atom stereocenters. The molecule has 2 aliphatic rings. The van der Waals surface area contributed by atoms with Gasteiger partial charge in [0, 0.05) is 0 Å². The van der Waals surface area contributed by atoms with Crippen LogP contribution in [-0.4, -0.2) is 0 Å². The minimum absolute atomic E-state index is 0.312. The van der Waals surface area contributed by atoms with Crippen molar-refractivity contribution in [1.82, 2.24) is 5.43 Å². The van der Waals surface area contributed by atoms with E-state index >= 15 is 0 Å². The van der Waals surface area contributed by atoms with E-state index in [1.54, 1.807) is 5.56 Å². The highest BCUT2D eigenvalue weighted by Crippen LogP contribution is 2.49. The zero-order chi connectivity index (χ0) is 13.3. The lowest BCUT2D eigenvalue weighted by molar-refractivity contribution is 0.222. The third-order valence-electron chi connectivity index (χ3n) is 5.46. The summed E-state index contributed by atoms with van der Waals surface area (Å²) in [5, 5.41) is 0. The SMILES string of the molecule is CC1(C(NN)c2ccccc2C2CCC2)CCCC1. The quantitative estimate of drug-likeness (QED) is 0.632. The molecular weight excluding hydrogens is 232 g/mol. The lowest BCUT2D eigenvalue weighted by Crippen LogP contribution is -2.39. The van der Waals surface area contributed by atoms with E-state index in [0.717, 1.165) is 5.92 Å². The van der Waals surface area contributed by atoms with Crippen molar-refractivity contribution < 1.29 is 0 Å². The molecule has 1 aromatic rings. The summed E-state index contributed by atoms with van der Waals surface area (Å²) in [5.74, 6) is 6.72. The second-order valence-electron chi connectivity index (χ2n) is 6.72. The van der Waals surface area contributed by atoms with Crippen LogP contribution < -0.4 is 11.3 Å². The standard InChI is InChI=1S/C17H26N2/c1-17(11-4-5-12-17)16(19-18)15-10-3-2-9-14(15)13-7-6-8-13/h2-3,9-10,13,16,19H,4-8,11-12,18H2,1H3. The molecule has 0 spiro atoms. The minimum Gasteiger partial charge on any atom is -0.271 e. The first kappa shape index (κ1) is 13.1. The zero-order valence-corrected chi connectivity index (χ0v) is 12.0. The van der Waals surface area contributed by atoms with Crippen molar-refractivity contribution in [1.29, 1.82) is 0 Å². The van der Waals surface area contributed by atoms with Crippen LogP contribution in [0.1, 0.15) is 75.0 Å². The van der Waals surface area contributed by atoms with Crippen LogP contribution in [0.25, 0.3) is 0 Å². The number of hydrogen-bond acceptors (Lipinski definition) is 2. The van der Waals surface area contributed by atoms with Gasteiger partial charge >= 0.3 is 0 Å². The highest BCUT2D eigenvalue weighted by molar-refractivity contribution is 5.35. The molecule has 3 N–H and O–H groups in total. The maximum Gasteiger partial charge on any atom is 0.0516 e. The molecule has 2 aliphatic carbocycles. The third kappa shape index (κ3) is 2.32. The van der Waals surface area contributed by atoms with E-state index in [4.69, 9.17) is 5.84 Å². The first-order chi connectivity index (χ1) is 9.24. The Hall–Kier alpha value is -0.860. The second kappa shape index (κ2) is 5.26. The summed E-state index contributed by atoms with van der Waals surface area (Å²) in [6, 6.07) is 9.28. The third-order valence-corrected chi connectivity index (χ3v) is 5.46. The zero-order valence-electron chi connectivity index (χ0n) is 12.0. The normalized spacial score (nSPS) is 24.1. The van der Waals surface area contributed by atoms with E-state index in [9.17, 15) is 0 Å². The Morgan fingerprint density at radius 1 is 1.16 bits per heavy atom. The number of hydrogen-bond donors (Lipinski definition) is 2. The summed E-state index contributed by atoms with van der Waals surface area (Å²) < 4.78 is 0. The van der Waals surface area contributed by atoms with Crippen molar-refractivity contribution >= 4 is 0 Å². The highest BCUT2D eigenvalue weighted by Gasteiger charge is 2.39. The van der Waals surface area contributed by atoms with Gasteiger partial charge in [-0.15, -0.1) is 0 Å². The Morgan fingerprint density at radius 3 is 2.42 bits per heavy atom. The lowest BCUT2D eigenvalue weighted by atomic mass is 9.71. The Labute approximate surface area is 116 Å². The molecule has 1 atom stereocenters. The monoisotopic (exact) mass is 258 g/mol. The Balaban J connectivity index is 1.94. The summed E-state index contributed by atoms with van der Waals surface area (Å²) >= 11 is 0. The van der Waals surface area contributed by atoms with Crippen LogP contribution in [0.15, 0.2) is 24.3 Å². The van der Waals surface area contributed by atoms with Crippen molar-refractivity contribution in [2.45, 2.75) is 63.8 Å². The topological polar surface area (TPSA) is 38.0 Å². The lowest BCUT2D eigenvalue weighted by Gasteiger charge is -2.37. The van der Waals surface area contributed by atoms with Crippen LogP contribution >= 0.6 is 0 Å². The molecule has 0 aromatic heterocycles. The number of rotatable bonds is 4. The van der Waals surface area contributed by atoms with Gasteiger partial charge < -0.3 is 0 Å². The van der Waals surface area contributed by atoms with E-state index in [0.29, 0.717) is 11.5 Å². The summed E-state index contributed by atoms with van der Waals surface area (Å²) in [6.07, 6.45) is 9.37. The first-order valence-corrected chi connectivity index (χ1v) is 7.79. The average Bonchev–Trinajstić information content (AvgIpc) is 2.78. The summed E-state index contributed by atoms with van der Waals surface area (Å²) in [4.78, 5) is 0. The molecule has 2 nitrogen and oxygen atoms in total. The van der Waals surface area contributed by atoms with Crippen LogP contribution in [0.5, 0.6) is 0 Å². The van der Waals surface area contributed by atoms with Gasteiger partial charge in [0.15, 0.2) is 0 Å². The van der Waals surface area contributed by atoms with Crippen molar-refractivity contribution in [3.05, 3.63) is 35.4 Å². The van der Waals surface area contributed by atoms with Crippen LogP contribution in [0.3, 0.4) is 0 Å². The number of hydrazine groups is 1. The summed E-state index contributed by atoms with van der Waals surface area (Å²) in [7, 11) is 0. The van der Waals surface area contributed by atoms with Crippen molar-refractivity contribution in [3.63, 3.8) is 0 Å². The molecule has 2 heteroatoms. The molecule has 0 radical (unpaired) electrons. The van der Waals surface area contributed by atoms with Crippen molar-refractivity contribution in [3.8, 4) is 0 Å². The van der Waals surface area contributed by atoms with Gasteiger partial charge in [-0.3, -0.25) is 11.3 Å². The maximum atomic E-state index is 5.95. The largest absolute Gasteiger partial charge is 0.271 e. The van der Waals surface area contributed by atoms with E-state index in [1.807, 2.05) is 0 Å². The molecule has 0 saturated heterocycles. The number of nitrogens with one attached hydrogen (secondary N) is 1. The van der Waals surface area contributed by atoms with Gasteiger partial charge in [0.1, 0.15) is 0 Å². The molecule has 104 valence electrons. The molecule has 1 aromatic carbocycles. The van der Waals surface area contributed by atoms with E-state index in [2.05, 4.69) is 36.6 Å². The van der Waals surface area contributed by atoms with E-state index in [-0.39, 0.29) is 0 Å². The molecule has 0 aliphatic heterocycles. The van der Waals surface area contributed by atoms with Gasteiger partial charge in [-0.1, -0.05) is 50.5 Å². The molecule has 2 saturated carbocycles.